The lowest BCUT2D eigenvalue weighted by atomic mass is 9.79. The Hall–Kier alpha value is -1.77. The zero-order valence-electron chi connectivity index (χ0n) is 10.5. The van der Waals surface area contributed by atoms with Crippen LogP contribution < -0.4 is 4.74 Å². The van der Waals surface area contributed by atoms with Crippen molar-refractivity contribution < 1.29 is 4.74 Å². The van der Waals surface area contributed by atoms with Crippen molar-refractivity contribution >= 4 is 0 Å². The molecular weight excluding hydrogens is 224 g/mol. The molecule has 0 aliphatic heterocycles. The van der Waals surface area contributed by atoms with Crippen molar-refractivity contribution in [3.8, 4) is 5.75 Å². The smallest absolute Gasteiger partial charge is 0.123 e. The SMILES string of the molecule is COc1cccc2c1C1(CCc3cn[nH]c31)CC2. The number of H-pyrrole nitrogens is 1. The van der Waals surface area contributed by atoms with Crippen molar-refractivity contribution in [3.05, 3.63) is 46.8 Å². The largest absolute Gasteiger partial charge is 0.496 e. The molecule has 4 rings (SSSR count). The normalized spacial score (nSPS) is 24.3. The highest BCUT2D eigenvalue weighted by Crippen LogP contribution is 2.54. The summed E-state index contributed by atoms with van der Waals surface area (Å²) in [7, 11) is 1.77. The maximum absolute atomic E-state index is 5.60. The van der Waals surface area contributed by atoms with Gasteiger partial charge in [0.15, 0.2) is 0 Å². The molecule has 1 heterocycles. The number of fused-ring (bicyclic) bond motifs is 4. The van der Waals surface area contributed by atoms with E-state index in [1.165, 1.54) is 35.2 Å². The Kier molecular flexibility index (Phi) is 1.91. The summed E-state index contributed by atoms with van der Waals surface area (Å²) < 4.78 is 5.60. The predicted molar refractivity (Wildman–Crippen MR) is 69.0 cm³/mol. The van der Waals surface area contributed by atoms with Crippen molar-refractivity contribution in [2.24, 2.45) is 0 Å². The number of ether oxygens (including phenoxy) is 1. The predicted octanol–water partition coefficient (Wildman–Crippen LogP) is 2.60. The molecular formula is C15H16N2O. The minimum atomic E-state index is 0.133. The highest BCUT2D eigenvalue weighted by atomic mass is 16.5. The standard InChI is InChI=1S/C15H16N2O/c1-18-12-4-2-3-10-5-7-15(13(10)12)8-6-11-9-16-17-14(11)15/h2-4,9H,5-8H2,1H3,(H,16,17). The molecule has 0 fully saturated rings. The zero-order chi connectivity index (χ0) is 12.2. The molecule has 0 radical (unpaired) electrons. The third-order valence-corrected chi connectivity index (χ3v) is 4.65. The molecule has 92 valence electrons. The number of hydrogen-bond acceptors (Lipinski definition) is 2. The van der Waals surface area contributed by atoms with Gasteiger partial charge in [-0.05, 0) is 42.9 Å². The van der Waals surface area contributed by atoms with E-state index in [0.29, 0.717) is 0 Å². The van der Waals surface area contributed by atoms with E-state index in [9.17, 15) is 0 Å². The monoisotopic (exact) mass is 240 g/mol. The molecule has 2 aromatic rings. The highest BCUT2D eigenvalue weighted by molar-refractivity contribution is 5.56. The molecule has 3 heteroatoms. The van der Waals surface area contributed by atoms with Crippen LogP contribution in [0.1, 0.15) is 35.2 Å². The molecule has 1 unspecified atom stereocenters. The van der Waals surface area contributed by atoms with E-state index in [4.69, 9.17) is 4.74 Å². The quantitative estimate of drug-likeness (QED) is 0.832. The van der Waals surface area contributed by atoms with E-state index >= 15 is 0 Å². The third kappa shape index (κ3) is 1.07. The fraction of sp³-hybridized carbons (Fsp3) is 0.400. The van der Waals surface area contributed by atoms with Gasteiger partial charge in [-0.2, -0.15) is 5.10 Å². The summed E-state index contributed by atoms with van der Waals surface area (Å²) >= 11 is 0. The Morgan fingerprint density at radius 3 is 2.89 bits per heavy atom. The lowest BCUT2D eigenvalue weighted by molar-refractivity contribution is 0.392. The summed E-state index contributed by atoms with van der Waals surface area (Å²) in [5.41, 5.74) is 5.68. The van der Waals surface area contributed by atoms with Crippen molar-refractivity contribution in [2.75, 3.05) is 7.11 Å². The first-order valence-electron chi connectivity index (χ1n) is 6.54. The van der Waals surface area contributed by atoms with Gasteiger partial charge in [0, 0.05) is 16.7 Å². The fourth-order valence-electron chi connectivity index (χ4n) is 3.86. The van der Waals surface area contributed by atoms with E-state index in [1.807, 2.05) is 6.20 Å². The summed E-state index contributed by atoms with van der Waals surface area (Å²) in [6.45, 7) is 0. The molecule has 2 aliphatic rings. The minimum Gasteiger partial charge on any atom is -0.496 e. The van der Waals surface area contributed by atoms with Crippen LogP contribution >= 0.6 is 0 Å². The van der Waals surface area contributed by atoms with Crippen molar-refractivity contribution in [1.29, 1.82) is 0 Å². The Morgan fingerprint density at radius 1 is 1.22 bits per heavy atom. The Labute approximate surface area is 106 Å². The van der Waals surface area contributed by atoms with Gasteiger partial charge < -0.3 is 4.74 Å². The number of nitrogens with one attached hydrogen (secondary N) is 1. The highest BCUT2D eigenvalue weighted by Gasteiger charge is 2.47. The number of benzene rings is 1. The second-order valence-corrected chi connectivity index (χ2v) is 5.35. The van der Waals surface area contributed by atoms with Crippen LogP contribution in [0.15, 0.2) is 24.4 Å². The van der Waals surface area contributed by atoms with Crippen LogP contribution in [-0.2, 0) is 18.3 Å². The van der Waals surface area contributed by atoms with Crippen LogP contribution in [0.5, 0.6) is 5.75 Å². The maximum Gasteiger partial charge on any atom is 0.123 e. The number of methoxy groups -OCH3 is 1. The molecule has 1 atom stereocenters. The number of aryl methyl sites for hydroxylation is 2. The zero-order valence-corrected chi connectivity index (χ0v) is 10.5. The number of nitrogens with zero attached hydrogens (tertiary/aromatic N) is 1. The topological polar surface area (TPSA) is 37.9 Å². The minimum absolute atomic E-state index is 0.133. The van der Waals surface area contributed by atoms with Gasteiger partial charge in [-0.15, -0.1) is 0 Å². The van der Waals surface area contributed by atoms with E-state index < -0.39 is 0 Å². The van der Waals surface area contributed by atoms with Gasteiger partial charge >= 0.3 is 0 Å². The van der Waals surface area contributed by atoms with Crippen molar-refractivity contribution in [2.45, 2.75) is 31.1 Å². The summed E-state index contributed by atoms with van der Waals surface area (Å²) in [4.78, 5) is 0. The lowest BCUT2D eigenvalue weighted by Gasteiger charge is -2.26. The van der Waals surface area contributed by atoms with Crippen LogP contribution in [-0.4, -0.2) is 17.3 Å². The molecule has 1 spiro atoms. The molecule has 0 saturated heterocycles. The van der Waals surface area contributed by atoms with E-state index in [1.54, 1.807) is 7.11 Å². The number of rotatable bonds is 1. The van der Waals surface area contributed by atoms with Crippen LogP contribution in [0.25, 0.3) is 0 Å². The van der Waals surface area contributed by atoms with Crippen molar-refractivity contribution in [1.82, 2.24) is 10.2 Å². The third-order valence-electron chi connectivity index (χ3n) is 4.65. The number of hydrogen-bond donors (Lipinski definition) is 1. The van der Waals surface area contributed by atoms with Crippen LogP contribution in [0.3, 0.4) is 0 Å². The van der Waals surface area contributed by atoms with Gasteiger partial charge in [0.25, 0.3) is 0 Å². The Bertz CT molecular complexity index is 617. The molecule has 3 nitrogen and oxygen atoms in total. The van der Waals surface area contributed by atoms with E-state index in [-0.39, 0.29) is 5.41 Å². The average Bonchev–Trinajstić information content (AvgIpc) is 3.08. The summed E-state index contributed by atoms with van der Waals surface area (Å²) in [6.07, 6.45) is 6.62. The molecule has 1 N–H and O–H groups in total. The van der Waals surface area contributed by atoms with Gasteiger partial charge in [-0.3, -0.25) is 5.10 Å². The van der Waals surface area contributed by atoms with Crippen LogP contribution in [0, 0.1) is 0 Å². The number of aromatic amines is 1. The van der Waals surface area contributed by atoms with E-state index in [2.05, 4.69) is 28.4 Å². The van der Waals surface area contributed by atoms with E-state index in [0.717, 1.165) is 18.6 Å². The van der Waals surface area contributed by atoms with Gasteiger partial charge in [0.1, 0.15) is 5.75 Å². The molecule has 18 heavy (non-hydrogen) atoms. The fourth-order valence-corrected chi connectivity index (χ4v) is 3.86. The van der Waals surface area contributed by atoms with Gasteiger partial charge in [-0.1, -0.05) is 12.1 Å². The summed E-state index contributed by atoms with van der Waals surface area (Å²) in [6, 6.07) is 6.42. The molecule has 0 saturated carbocycles. The maximum atomic E-state index is 5.60. The summed E-state index contributed by atoms with van der Waals surface area (Å²) in [5, 5.41) is 7.46. The van der Waals surface area contributed by atoms with Crippen LogP contribution in [0.2, 0.25) is 0 Å². The first-order valence-corrected chi connectivity index (χ1v) is 6.54. The molecule has 1 aromatic carbocycles. The Morgan fingerprint density at radius 2 is 2.06 bits per heavy atom. The molecule has 2 aliphatic carbocycles. The van der Waals surface area contributed by atoms with Gasteiger partial charge in [0.05, 0.1) is 13.3 Å². The lowest BCUT2D eigenvalue weighted by Crippen LogP contribution is -2.22. The van der Waals surface area contributed by atoms with Crippen LogP contribution in [0.4, 0.5) is 0 Å². The molecule has 0 amide bonds. The molecule has 1 aromatic heterocycles. The first-order chi connectivity index (χ1) is 8.85. The number of aromatic nitrogens is 2. The van der Waals surface area contributed by atoms with Crippen molar-refractivity contribution in [3.63, 3.8) is 0 Å². The molecule has 0 bridgehead atoms. The average molecular weight is 240 g/mol. The van der Waals surface area contributed by atoms with Gasteiger partial charge in [0.2, 0.25) is 0 Å². The van der Waals surface area contributed by atoms with Gasteiger partial charge in [-0.25, -0.2) is 0 Å². The Balaban J connectivity index is 1.99. The second kappa shape index (κ2) is 3.37. The summed E-state index contributed by atoms with van der Waals surface area (Å²) in [5.74, 6) is 1.03. The first kappa shape index (κ1) is 10.2. The second-order valence-electron chi connectivity index (χ2n) is 5.35.